The van der Waals surface area contributed by atoms with Crippen molar-refractivity contribution in [3.05, 3.63) is 90.1 Å². The summed E-state index contributed by atoms with van der Waals surface area (Å²) in [7, 11) is 0. The molecule has 0 aliphatic carbocycles. The van der Waals surface area contributed by atoms with Crippen molar-refractivity contribution >= 4 is 28.5 Å². The normalized spacial score (nSPS) is 16.4. The molecule has 4 aromatic rings. The number of nitrogens with zero attached hydrogens (tertiary/aromatic N) is 4. The van der Waals surface area contributed by atoms with Gasteiger partial charge in [-0.25, -0.2) is 9.18 Å². The van der Waals surface area contributed by atoms with Gasteiger partial charge in [-0.05, 0) is 92.9 Å². The quantitative estimate of drug-likeness (QED) is 0.353. The third-order valence-electron chi connectivity index (χ3n) is 7.98. The van der Waals surface area contributed by atoms with Crippen LogP contribution >= 0.6 is 0 Å². The lowest BCUT2D eigenvalue weighted by molar-refractivity contribution is 0.0646. The number of aromatic nitrogens is 2. The number of amides is 3. The van der Waals surface area contributed by atoms with E-state index in [9.17, 15) is 14.0 Å². The van der Waals surface area contributed by atoms with E-state index in [1.165, 1.54) is 25.0 Å². The lowest BCUT2D eigenvalue weighted by Crippen LogP contribution is -2.45. The second-order valence-electron chi connectivity index (χ2n) is 10.6. The number of likely N-dealkylation sites (tertiary alicyclic amines) is 2. The summed E-state index contributed by atoms with van der Waals surface area (Å²) >= 11 is 0. The SMILES string of the molecule is O=C(NCc1cccnc1)Nc1ccc(-n2cc(C(=O)N3CCC(N4CCCC4)CC3)c3cc(F)ccc32)cc1. The molecule has 0 unspecified atom stereocenters. The van der Waals surface area contributed by atoms with E-state index in [-0.39, 0.29) is 17.8 Å². The fourth-order valence-corrected chi connectivity index (χ4v) is 5.86. The van der Waals surface area contributed by atoms with E-state index in [0.717, 1.165) is 42.7 Å². The van der Waals surface area contributed by atoms with Gasteiger partial charge in [0.1, 0.15) is 5.82 Å². The van der Waals surface area contributed by atoms with E-state index in [4.69, 9.17) is 0 Å². The number of piperidine rings is 1. The highest BCUT2D eigenvalue weighted by Crippen LogP contribution is 2.29. The Bertz CT molecular complexity index is 1490. The fourth-order valence-electron chi connectivity index (χ4n) is 5.86. The first-order chi connectivity index (χ1) is 19.5. The molecule has 2 saturated heterocycles. The molecule has 3 amide bonds. The van der Waals surface area contributed by atoms with Crippen molar-refractivity contribution in [2.45, 2.75) is 38.3 Å². The van der Waals surface area contributed by atoms with Gasteiger partial charge in [-0.3, -0.25) is 9.78 Å². The standard InChI is InChI=1S/C31H33FN6O2/c32-23-5-10-29-27(18-23)28(30(39)37-16-11-25(12-17-37)36-14-1-2-15-36)21-38(29)26-8-6-24(7-9-26)35-31(40)34-20-22-4-3-13-33-19-22/h3-10,13,18-19,21,25H,1-2,11-12,14-17,20H2,(H2,34,35,40). The lowest BCUT2D eigenvalue weighted by atomic mass is 10.0. The molecule has 0 spiro atoms. The topological polar surface area (TPSA) is 82.5 Å². The second kappa shape index (κ2) is 11.5. The van der Waals surface area contributed by atoms with Crippen molar-refractivity contribution in [2.75, 3.05) is 31.5 Å². The maximum atomic E-state index is 14.3. The largest absolute Gasteiger partial charge is 0.338 e. The highest BCUT2D eigenvalue weighted by atomic mass is 19.1. The number of carbonyl (C=O) groups excluding carboxylic acids is 2. The molecule has 2 aromatic carbocycles. The molecule has 0 saturated carbocycles. The molecule has 0 bridgehead atoms. The number of anilines is 1. The molecular formula is C31H33FN6O2. The molecule has 9 heteroatoms. The summed E-state index contributed by atoms with van der Waals surface area (Å²) in [6, 6.07) is 15.9. The number of rotatable bonds is 6. The van der Waals surface area contributed by atoms with E-state index in [2.05, 4.69) is 20.5 Å². The average Bonchev–Trinajstić information content (AvgIpc) is 3.66. The fraction of sp³-hybridized carbons (Fsp3) is 0.323. The molecule has 6 rings (SSSR count). The van der Waals surface area contributed by atoms with Crippen LogP contribution in [-0.4, -0.2) is 63.5 Å². The zero-order valence-corrected chi connectivity index (χ0v) is 22.4. The molecule has 2 aromatic heterocycles. The number of fused-ring (bicyclic) bond motifs is 1. The number of urea groups is 1. The van der Waals surface area contributed by atoms with Gasteiger partial charge < -0.3 is 25.0 Å². The maximum Gasteiger partial charge on any atom is 0.319 e. The first-order valence-corrected chi connectivity index (χ1v) is 13.9. The van der Waals surface area contributed by atoms with Gasteiger partial charge in [-0.15, -0.1) is 0 Å². The zero-order chi connectivity index (χ0) is 27.5. The van der Waals surface area contributed by atoms with Crippen molar-refractivity contribution in [1.82, 2.24) is 24.7 Å². The molecule has 4 heterocycles. The summed E-state index contributed by atoms with van der Waals surface area (Å²) in [5.74, 6) is -0.429. The van der Waals surface area contributed by atoms with Gasteiger partial charge >= 0.3 is 6.03 Å². The Kier molecular flexibility index (Phi) is 7.46. The van der Waals surface area contributed by atoms with Gasteiger partial charge in [-0.1, -0.05) is 6.07 Å². The number of carbonyl (C=O) groups is 2. The van der Waals surface area contributed by atoms with Crippen LogP contribution in [-0.2, 0) is 6.54 Å². The van der Waals surface area contributed by atoms with Gasteiger partial charge in [-0.2, -0.15) is 0 Å². The summed E-state index contributed by atoms with van der Waals surface area (Å²) in [5.41, 5.74) is 3.61. The molecule has 0 radical (unpaired) electrons. The Hall–Kier alpha value is -4.24. The van der Waals surface area contributed by atoms with Crippen LogP contribution in [0.25, 0.3) is 16.6 Å². The Morgan fingerprint density at radius 2 is 1.75 bits per heavy atom. The van der Waals surface area contributed by atoms with E-state index < -0.39 is 0 Å². The first-order valence-electron chi connectivity index (χ1n) is 13.9. The third kappa shape index (κ3) is 5.56. The van der Waals surface area contributed by atoms with E-state index in [1.54, 1.807) is 30.6 Å². The van der Waals surface area contributed by atoms with Gasteiger partial charge in [0, 0.05) is 61.0 Å². The van der Waals surface area contributed by atoms with Gasteiger partial charge in [0.05, 0.1) is 11.1 Å². The average molecular weight is 541 g/mol. The Balaban J connectivity index is 1.17. The molecule has 2 fully saturated rings. The number of hydrogen-bond donors (Lipinski definition) is 2. The van der Waals surface area contributed by atoms with Crippen LogP contribution < -0.4 is 10.6 Å². The Labute approximate surface area is 232 Å². The third-order valence-corrected chi connectivity index (χ3v) is 7.98. The minimum absolute atomic E-state index is 0.0576. The summed E-state index contributed by atoms with van der Waals surface area (Å²) in [4.78, 5) is 34.5. The van der Waals surface area contributed by atoms with Crippen LogP contribution in [0.3, 0.4) is 0 Å². The number of halogens is 1. The Morgan fingerprint density at radius 1 is 0.975 bits per heavy atom. The van der Waals surface area contributed by atoms with Crippen molar-refractivity contribution in [2.24, 2.45) is 0 Å². The predicted octanol–water partition coefficient (Wildman–Crippen LogP) is 5.19. The minimum Gasteiger partial charge on any atom is -0.338 e. The van der Waals surface area contributed by atoms with E-state index >= 15 is 0 Å². The minimum atomic E-state index is -0.371. The second-order valence-corrected chi connectivity index (χ2v) is 10.6. The molecule has 2 N–H and O–H groups in total. The van der Waals surface area contributed by atoms with Crippen molar-refractivity contribution < 1.29 is 14.0 Å². The predicted molar refractivity (Wildman–Crippen MR) is 153 cm³/mol. The van der Waals surface area contributed by atoms with E-state index in [0.29, 0.717) is 42.3 Å². The lowest BCUT2D eigenvalue weighted by Gasteiger charge is -2.36. The summed E-state index contributed by atoms with van der Waals surface area (Å²) in [5, 5.41) is 6.25. The molecule has 0 atom stereocenters. The van der Waals surface area contributed by atoms with Crippen molar-refractivity contribution in [3.8, 4) is 5.69 Å². The number of nitrogens with one attached hydrogen (secondary N) is 2. The van der Waals surface area contributed by atoms with E-state index in [1.807, 2.05) is 39.9 Å². The molecule has 8 nitrogen and oxygen atoms in total. The molecule has 2 aliphatic heterocycles. The van der Waals surface area contributed by atoms with Crippen LogP contribution in [0.15, 0.2) is 73.2 Å². The maximum absolute atomic E-state index is 14.3. The molecule has 206 valence electrons. The molecule has 40 heavy (non-hydrogen) atoms. The first kappa shape index (κ1) is 26.0. The number of hydrogen-bond acceptors (Lipinski definition) is 4. The smallest absolute Gasteiger partial charge is 0.319 e. The van der Waals surface area contributed by atoms with Gasteiger partial charge in [0.15, 0.2) is 0 Å². The van der Waals surface area contributed by atoms with Crippen molar-refractivity contribution in [3.63, 3.8) is 0 Å². The molecular weight excluding hydrogens is 507 g/mol. The summed E-state index contributed by atoms with van der Waals surface area (Å²) in [6.45, 7) is 4.12. The van der Waals surface area contributed by atoms with Crippen LogP contribution in [0.1, 0.15) is 41.6 Å². The molecule has 2 aliphatic rings. The summed E-state index contributed by atoms with van der Waals surface area (Å²) in [6.07, 6.45) is 9.68. The highest BCUT2D eigenvalue weighted by molar-refractivity contribution is 6.07. The zero-order valence-electron chi connectivity index (χ0n) is 22.4. The van der Waals surface area contributed by atoms with Crippen LogP contribution in [0.5, 0.6) is 0 Å². The van der Waals surface area contributed by atoms with Crippen LogP contribution in [0.4, 0.5) is 14.9 Å². The monoisotopic (exact) mass is 540 g/mol. The Morgan fingerprint density at radius 3 is 2.48 bits per heavy atom. The number of pyridine rings is 1. The van der Waals surface area contributed by atoms with Gasteiger partial charge in [0.2, 0.25) is 0 Å². The van der Waals surface area contributed by atoms with Gasteiger partial charge in [0.25, 0.3) is 5.91 Å². The number of benzene rings is 2. The highest BCUT2D eigenvalue weighted by Gasteiger charge is 2.30. The van der Waals surface area contributed by atoms with Crippen LogP contribution in [0.2, 0.25) is 0 Å². The summed E-state index contributed by atoms with van der Waals surface area (Å²) < 4.78 is 16.2. The van der Waals surface area contributed by atoms with Crippen molar-refractivity contribution in [1.29, 1.82) is 0 Å². The van der Waals surface area contributed by atoms with Crippen LogP contribution in [0, 0.1) is 5.82 Å².